The summed E-state index contributed by atoms with van der Waals surface area (Å²) in [6, 6.07) is 0.461. The molecule has 1 aromatic rings. The van der Waals surface area contributed by atoms with E-state index in [1.54, 1.807) is 12.1 Å². The summed E-state index contributed by atoms with van der Waals surface area (Å²) in [5.74, 6) is -3.86. The third-order valence-electron chi connectivity index (χ3n) is 6.16. The number of amides is 4. The molecule has 5 atom stereocenters. The quantitative estimate of drug-likeness (QED) is 0.190. The minimum atomic E-state index is -1.36. The summed E-state index contributed by atoms with van der Waals surface area (Å²) in [5, 5.41) is 36.3. The molecule has 2 fully saturated rings. The molecular formula is C23H31N5O8S2. The van der Waals surface area contributed by atoms with E-state index in [-0.39, 0.29) is 30.2 Å². The lowest BCUT2D eigenvalue weighted by Gasteiger charge is -2.30. The second-order valence-corrected chi connectivity index (χ2v) is 11.5. The van der Waals surface area contributed by atoms with E-state index in [1.807, 2.05) is 0 Å². The van der Waals surface area contributed by atoms with Gasteiger partial charge in [-0.1, -0.05) is 33.7 Å². The van der Waals surface area contributed by atoms with Gasteiger partial charge in [0.2, 0.25) is 23.6 Å². The molecule has 4 amide bonds. The Hall–Kier alpha value is -3.01. The number of aliphatic carboxylic acids is 1. The molecule has 0 saturated carbocycles. The summed E-state index contributed by atoms with van der Waals surface area (Å²) in [4.78, 5) is 64.7. The van der Waals surface area contributed by atoms with Crippen molar-refractivity contribution in [3.63, 3.8) is 0 Å². The van der Waals surface area contributed by atoms with Gasteiger partial charge in [-0.2, -0.15) is 0 Å². The van der Waals surface area contributed by atoms with Crippen LogP contribution in [0.1, 0.15) is 18.4 Å². The zero-order valence-electron chi connectivity index (χ0n) is 20.4. The van der Waals surface area contributed by atoms with Crippen LogP contribution in [-0.2, 0) is 30.4 Å². The number of nitrogens with zero attached hydrogens (tertiary/aromatic N) is 1. The molecule has 8 N–H and O–H groups in total. The van der Waals surface area contributed by atoms with Crippen molar-refractivity contribution < 1.29 is 39.3 Å². The van der Waals surface area contributed by atoms with Crippen LogP contribution < -0.4 is 21.7 Å². The predicted molar refractivity (Wildman–Crippen MR) is 140 cm³/mol. The van der Waals surface area contributed by atoms with E-state index in [1.165, 1.54) is 17.0 Å². The third kappa shape index (κ3) is 7.75. The minimum absolute atomic E-state index is 0.00681. The lowest BCUT2D eigenvalue weighted by molar-refractivity contribution is -0.145. The van der Waals surface area contributed by atoms with Crippen molar-refractivity contribution in [1.29, 1.82) is 0 Å². The van der Waals surface area contributed by atoms with Gasteiger partial charge in [0, 0.05) is 18.1 Å². The summed E-state index contributed by atoms with van der Waals surface area (Å²) in [5.41, 5.74) is 6.73. The van der Waals surface area contributed by atoms with Crippen LogP contribution in [0.25, 0.3) is 0 Å². The van der Waals surface area contributed by atoms with Gasteiger partial charge in [0.15, 0.2) is 0 Å². The first-order chi connectivity index (χ1) is 18.1. The molecule has 15 heteroatoms. The maximum Gasteiger partial charge on any atom is 0.327 e. The molecule has 13 nitrogen and oxygen atoms in total. The molecule has 0 unspecified atom stereocenters. The van der Waals surface area contributed by atoms with Crippen molar-refractivity contribution in [2.24, 2.45) is 5.73 Å². The van der Waals surface area contributed by atoms with Crippen molar-refractivity contribution in [2.45, 2.75) is 49.5 Å². The van der Waals surface area contributed by atoms with Crippen LogP contribution >= 0.6 is 21.6 Å². The normalized spacial score (nSPS) is 25.9. The van der Waals surface area contributed by atoms with E-state index >= 15 is 0 Å². The number of hydrogen-bond acceptors (Lipinski definition) is 10. The number of benzene rings is 1. The van der Waals surface area contributed by atoms with Crippen molar-refractivity contribution in [1.82, 2.24) is 20.9 Å². The molecule has 0 radical (unpaired) electrons. The Bertz CT molecular complexity index is 1040. The maximum atomic E-state index is 13.1. The molecule has 2 heterocycles. The number of nitrogens with one attached hydrogen (secondary N) is 3. The molecule has 1 aromatic carbocycles. The van der Waals surface area contributed by atoms with Crippen LogP contribution in [0.15, 0.2) is 24.3 Å². The average Bonchev–Trinajstić information content (AvgIpc) is 3.38. The number of rotatable bonds is 6. The molecule has 3 rings (SSSR count). The molecule has 38 heavy (non-hydrogen) atoms. The summed E-state index contributed by atoms with van der Waals surface area (Å²) in [6.45, 7) is -0.534. The number of carbonyl (C=O) groups is 5. The molecular weight excluding hydrogens is 538 g/mol. The second-order valence-electron chi connectivity index (χ2n) is 8.94. The number of aliphatic hydroxyl groups is 1. The van der Waals surface area contributed by atoms with Crippen LogP contribution in [0.2, 0.25) is 0 Å². The lowest BCUT2D eigenvalue weighted by atomic mass is 10.1. The molecule has 2 saturated heterocycles. The van der Waals surface area contributed by atoms with Gasteiger partial charge >= 0.3 is 5.97 Å². The Morgan fingerprint density at radius 1 is 1.11 bits per heavy atom. The largest absolute Gasteiger partial charge is 0.508 e. The van der Waals surface area contributed by atoms with Crippen molar-refractivity contribution in [3.05, 3.63) is 29.8 Å². The van der Waals surface area contributed by atoms with Crippen LogP contribution in [-0.4, -0.2) is 105 Å². The number of aromatic hydroxyl groups is 1. The van der Waals surface area contributed by atoms with Crippen molar-refractivity contribution in [3.8, 4) is 5.75 Å². The fraction of sp³-hybridized carbons (Fsp3) is 0.522. The van der Waals surface area contributed by atoms with E-state index in [2.05, 4.69) is 16.0 Å². The topological polar surface area (TPSA) is 211 Å². The van der Waals surface area contributed by atoms with Gasteiger partial charge in [-0.05, 0) is 37.0 Å². The van der Waals surface area contributed by atoms with Crippen LogP contribution in [0.3, 0.4) is 0 Å². The first kappa shape index (κ1) is 29.5. The van der Waals surface area contributed by atoms with E-state index in [4.69, 9.17) is 5.73 Å². The predicted octanol–water partition coefficient (Wildman–Crippen LogP) is -1.82. The highest BCUT2D eigenvalue weighted by molar-refractivity contribution is 8.76. The fourth-order valence-electron chi connectivity index (χ4n) is 4.08. The Balaban J connectivity index is 1.76. The van der Waals surface area contributed by atoms with Crippen LogP contribution in [0.5, 0.6) is 5.75 Å². The van der Waals surface area contributed by atoms with Crippen LogP contribution in [0.4, 0.5) is 0 Å². The van der Waals surface area contributed by atoms with E-state index in [0.717, 1.165) is 21.6 Å². The van der Waals surface area contributed by atoms with Gasteiger partial charge in [-0.15, -0.1) is 0 Å². The summed E-state index contributed by atoms with van der Waals surface area (Å²) >= 11 is 0. The number of carbonyl (C=O) groups excluding carboxylic acids is 4. The van der Waals surface area contributed by atoms with Gasteiger partial charge in [0.25, 0.3) is 0 Å². The lowest BCUT2D eigenvalue weighted by Crippen LogP contribution is -2.60. The number of hydrogen-bond donors (Lipinski definition) is 7. The zero-order chi connectivity index (χ0) is 27.8. The summed E-state index contributed by atoms with van der Waals surface area (Å²) in [6.07, 6.45) is 0.946. The van der Waals surface area contributed by atoms with Crippen molar-refractivity contribution >= 4 is 51.2 Å². The van der Waals surface area contributed by atoms with Crippen molar-refractivity contribution in [2.75, 3.05) is 24.7 Å². The standard InChI is InChI=1S/C23H31N5O8S2/c24-14(8-12-3-5-13(30)6-4-12)19(31)26-16-10-37-38-11-17(23(35)36)27-21(33)18-2-1-7-28(18)22(34)15(9-29)25-20(16)32/h3-6,14-18,29-30H,1-2,7-11,24H2,(H,25,32)(H,26,31)(H,27,33)(H,35,36)/t14-,15+,16+,17+,18+/m1/s1. The Morgan fingerprint density at radius 3 is 2.45 bits per heavy atom. The SMILES string of the molecule is N[C@H](Cc1ccc(O)cc1)C(=O)N[C@H]1CSSC[C@@H](C(=O)O)NC(=O)[C@@H]2CCCN2C(=O)[C@H](CO)NC1=O. The number of aliphatic hydroxyl groups excluding tert-OH is 1. The van der Waals surface area contributed by atoms with E-state index in [0.29, 0.717) is 18.4 Å². The highest BCUT2D eigenvalue weighted by atomic mass is 33.1. The Kier molecular flexibility index (Phi) is 10.6. The molecule has 208 valence electrons. The average molecular weight is 570 g/mol. The monoisotopic (exact) mass is 569 g/mol. The molecule has 2 aliphatic rings. The smallest absolute Gasteiger partial charge is 0.327 e. The number of phenols is 1. The number of carboxylic acids is 1. The first-order valence-electron chi connectivity index (χ1n) is 11.9. The molecule has 2 aliphatic heterocycles. The Labute approximate surface area is 226 Å². The number of nitrogens with two attached hydrogens (primary N) is 1. The van der Waals surface area contributed by atoms with Gasteiger partial charge in [-0.25, -0.2) is 4.79 Å². The minimum Gasteiger partial charge on any atom is -0.508 e. The molecule has 0 aliphatic carbocycles. The highest BCUT2D eigenvalue weighted by Crippen LogP contribution is 2.25. The zero-order valence-corrected chi connectivity index (χ0v) is 22.0. The van der Waals surface area contributed by atoms with Gasteiger partial charge in [0.05, 0.1) is 12.6 Å². The number of fused-ring (bicyclic) bond motifs is 1. The third-order valence-corrected chi connectivity index (χ3v) is 8.59. The van der Waals surface area contributed by atoms with Gasteiger partial charge < -0.3 is 41.9 Å². The van der Waals surface area contributed by atoms with Gasteiger partial charge in [-0.3, -0.25) is 19.2 Å². The first-order valence-corrected chi connectivity index (χ1v) is 14.4. The van der Waals surface area contributed by atoms with Gasteiger partial charge in [0.1, 0.15) is 29.9 Å². The van der Waals surface area contributed by atoms with E-state index in [9.17, 15) is 39.3 Å². The molecule has 0 bridgehead atoms. The maximum absolute atomic E-state index is 13.1. The molecule has 0 spiro atoms. The number of phenolic OH excluding ortho intramolecular Hbond substituents is 1. The highest BCUT2D eigenvalue weighted by Gasteiger charge is 2.39. The second kappa shape index (κ2) is 13.7. The van der Waals surface area contributed by atoms with Crippen LogP contribution in [0, 0.1) is 0 Å². The van der Waals surface area contributed by atoms with E-state index < -0.39 is 66.4 Å². The molecule has 0 aromatic heterocycles. The fourth-order valence-corrected chi connectivity index (χ4v) is 6.40. The Morgan fingerprint density at radius 2 is 1.79 bits per heavy atom. The summed E-state index contributed by atoms with van der Waals surface area (Å²) < 4.78 is 0. The number of carboxylic acid groups (broad SMARTS) is 1. The summed E-state index contributed by atoms with van der Waals surface area (Å²) in [7, 11) is 2.20.